The van der Waals surface area contributed by atoms with Gasteiger partial charge in [-0.2, -0.15) is 0 Å². The van der Waals surface area contributed by atoms with E-state index in [1.54, 1.807) is 29.2 Å². The standard InChI is InChI=1S/C21H22BrFN2O4S/c22-13-4-5-17(15(23)8-13)25-7-6-21(28,19(26)9-25)12-29-18-3-1-2-16-14(18)10-30-11-20(27)24-16/h1-5,8,19,26,28H,6-7,9-12H2,(H,24,27)/t19-,21-/m1/s1. The molecule has 1 amide bonds. The Bertz CT molecular complexity index is 963. The molecule has 160 valence electrons. The summed E-state index contributed by atoms with van der Waals surface area (Å²) in [5.74, 6) is 1.12. The molecule has 0 aliphatic carbocycles. The van der Waals surface area contributed by atoms with Gasteiger partial charge in [-0.15, -0.1) is 11.8 Å². The first-order valence-electron chi connectivity index (χ1n) is 9.58. The Morgan fingerprint density at radius 2 is 2.17 bits per heavy atom. The number of nitrogens with one attached hydrogen (secondary N) is 1. The molecule has 2 heterocycles. The monoisotopic (exact) mass is 496 g/mol. The van der Waals surface area contributed by atoms with Crippen molar-refractivity contribution in [3.63, 3.8) is 0 Å². The molecule has 2 aliphatic rings. The minimum atomic E-state index is -1.45. The van der Waals surface area contributed by atoms with Crippen LogP contribution in [0.5, 0.6) is 5.75 Å². The molecule has 0 aromatic heterocycles. The van der Waals surface area contributed by atoms with Crippen molar-refractivity contribution in [3.05, 3.63) is 52.3 Å². The van der Waals surface area contributed by atoms with Gasteiger partial charge in [0, 0.05) is 34.6 Å². The highest BCUT2D eigenvalue weighted by Crippen LogP contribution is 2.35. The highest BCUT2D eigenvalue weighted by atomic mass is 79.9. The number of amides is 1. The third kappa shape index (κ3) is 4.44. The van der Waals surface area contributed by atoms with Crippen LogP contribution >= 0.6 is 27.7 Å². The summed E-state index contributed by atoms with van der Waals surface area (Å²) in [6.07, 6.45) is -0.879. The molecular weight excluding hydrogens is 475 g/mol. The molecule has 2 atom stereocenters. The number of carbonyl (C=O) groups excluding carboxylic acids is 1. The highest BCUT2D eigenvalue weighted by Gasteiger charge is 2.42. The van der Waals surface area contributed by atoms with Crippen LogP contribution in [0, 0.1) is 5.82 Å². The zero-order valence-electron chi connectivity index (χ0n) is 16.1. The molecule has 2 aliphatic heterocycles. The van der Waals surface area contributed by atoms with Crippen LogP contribution in [0.25, 0.3) is 0 Å². The predicted molar refractivity (Wildman–Crippen MR) is 119 cm³/mol. The van der Waals surface area contributed by atoms with Crippen molar-refractivity contribution < 1.29 is 24.1 Å². The number of aliphatic hydroxyl groups excluding tert-OH is 1. The van der Waals surface area contributed by atoms with Crippen molar-refractivity contribution in [3.8, 4) is 5.75 Å². The first kappa shape index (κ1) is 21.4. The number of nitrogens with zero attached hydrogens (tertiary/aromatic N) is 1. The van der Waals surface area contributed by atoms with Crippen LogP contribution < -0.4 is 15.0 Å². The molecule has 9 heteroatoms. The van der Waals surface area contributed by atoms with Gasteiger partial charge in [0.05, 0.1) is 11.4 Å². The van der Waals surface area contributed by atoms with Gasteiger partial charge in [0.15, 0.2) is 0 Å². The summed E-state index contributed by atoms with van der Waals surface area (Å²) in [7, 11) is 0. The second kappa shape index (κ2) is 8.74. The van der Waals surface area contributed by atoms with Gasteiger partial charge < -0.3 is 25.2 Å². The van der Waals surface area contributed by atoms with Crippen molar-refractivity contribution in [2.45, 2.75) is 23.9 Å². The Morgan fingerprint density at radius 3 is 2.93 bits per heavy atom. The van der Waals surface area contributed by atoms with Gasteiger partial charge in [-0.3, -0.25) is 4.79 Å². The van der Waals surface area contributed by atoms with Crippen LogP contribution in [-0.4, -0.2) is 53.3 Å². The Hall–Kier alpha value is -1.81. The minimum Gasteiger partial charge on any atom is -0.490 e. The Kier molecular flexibility index (Phi) is 6.24. The van der Waals surface area contributed by atoms with E-state index in [2.05, 4.69) is 21.2 Å². The fourth-order valence-corrected chi connectivity index (χ4v) is 4.89. The van der Waals surface area contributed by atoms with E-state index >= 15 is 0 Å². The maximum atomic E-state index is 14.3. The lowest BCUT2D eigenvalue weighted by atomic mass is 9.89. The molecule has 4 rings (SSSR count). The Morgan fingerprint density at radius 1 is 1.33 bits per heavy atom. The van der Waals surface area contributed by atoms with E-state index < -0.39 is 11.7 Å². The summed E-state index contributed by atoms with van der Waals surface area (Å²) >= 11 is 4.73. The van der Waals surface area contributed by atoms with E-state index in [1.807, 2.05) is 6.07 Å². The summed E-state index contributed by atoms with van der Waals surface area (Å²) in [5, 5.41) is 24.5. The van der Waals surface area contributed by atoms with Gasteiger partial charge in [0.25, 0.3) is 0 Å². The van der Waals surface area contributed by atoms with Crippen molar-refractivity contribution in [1.82, 2.24) is 0 Å². The van der Waals surface area contributed by atoms with Crippen LogP contribution in [-0.2, 0) is 10.5 Å². The third-order valence-corrected chi connectivity index (χ3v) is 6.90. The number of ether oxygens (including phenoxy) is 1. The van der Waals surface area contributed by atoms with Crippen LogP contribution in [0.3, 0.4) is 0 Å². The first-order valence-corrected chi connectivity index (χ1v) is 11.5. The van der Waals surface area contributed by atoms with Gasteiger partial charge in [0.2, 0.25) is 5.91 Å². The molecule has 30 heavy (non-hydrogen) atoms. The number of carbonyl (C=O) groups is 1. The van der Waals surface area contributed by atoms with E-state index in [4.69, 9.17) is 4.74 Å². The van der Waals surface area contributed by atoms with Crippen molar-refractivity contribution in [1.29, 1.82) is 0 Å². The molecule has 2 aromatic rings. The number of rotatable bonds is 4. The van der Waals surface area contributed by atoms with Gasteiger partial charge >= 0.3 is 0 Å². The Labute approximate surface area is 186 Å². The highest BCUT2D eigenvalue weighted by molar-refractivity contribution is 9.10. The van der Waals surface area contributed by atoms with Gasteiger partial charge in [-0.25, -0.2) is 4.39 Å². The van der Waals surface area contributed by atoms with Gasteiger partial charge in [-0.05, 0) is 36.8 Å². The average Bonchev–Trinajstić information content (AvgIpc) is 2.90. The zero-order valence-corrected chi connectivity index (χ0v) is 18.5. The predicted octanol–water partition coefficient (Wildman–Crippen LogP) is 3.15. The number of fused-ring (bicyclic) bond motifs is 1. The quantitative estimate of drug-likeness (QED) is 0.603. The number of hydrogen-bond donors (Lipinski definition) is 3. The molecule has 0 radical (unpaired) electrons. The summed E-state index contributed by atoms with van der Waals surface area (Å²) in [6.45, 7) is 0.380. The lowest BCUT2D eigenvalue weighted by Crippen LogP contribution is -2.58. The molecule has 1 fully saturated rings. The number of β-amino-alcohol motifs (C(OH)–C–C–N with tert-alkyl or cyclic N) is 1. The molecule has 6 nitrogen and oxygen atoms in total. The van der Waals surface area contributed by atoms with Gasteiger partial charge in [-0.1, -0.05) is 22.0 Å². The molecule has 3 N–H and O–H groups in total. The normalized spacial score (nSPS) is 24.1. The lowest BCUT2D eigenvalue weighted by molar-refractivity contribution is -0.113. The molecular formula is C21H22BrFN2O4S. The van der Waals surface area contributed by atoms with Crippen molar-refractivity contribution in [2.24, 2.45) is 0 Å². The zero-order chi connectivity index (χ0) is 21.3. The molecule has 0 bridgehead atoms. The van der Waals surface area contributed by atoms with Gasteiger partial charge in [0.1, 0.15) is 29.9 Å². The topological polar surface area (TPSA) is 82.0 Å². The number of benzene rings is 2. The number of hydrogen-bond acceptors (Lipinski definition) is 6. The van der Waals surface area contributed by atoms with E-state index in [9.17, 15) is 19.4 Å². The second-order valence-electron chi connectivity index (χ2n) is 7.52. The summed E-state index contributed by atoms with van der Waals surface area (Å²) in [5.41, 5.74) is 0.504. The van der Waals surface area contributed by atoms with E-state index in [0.717, 1.165) is 5.56 Å². The maximum absolute atomic E-state index is 14.3. The second-order valence-corrected chi connectivity index (χ2v) is 9.42. The van der Waals surface area contributed by atoms with Crippen LogP contribution in [0.1, 0.15) is 12.0 Å². The van der Waals surface area contributed by atoms with E-state index in [1.165, 1.54) is 17.8 Å². The number of thioether (sulfide) groups is 1. The average molecular weight is 497 g/mol. The summed E-state index contributed by atoms with van der Waals surface area (Å²) in [4.78, 5) is 13.5. The first-order chi connectivity index (χ1) is 14.4. The van der Waals surface area contributed by atoms with Crippen LogP contribution in [0.4, 0.5) is 15.8 Å². The molecule has 0 spiro atoms. The fourth-order valence-electron chi connectivity index (χ4n) is 3.69. The summed E-state index contributed by atoms with van der Waals surface area (Å²) < 4.78 is 20.8. The molecule has 1 saturated heterocycles. The number of anilines is 2. The number of piperidine rings is 1. The summed E-state index contributed by atoms with van der Waals surface area (Å²) in [6, 6.07) is 10.2. The maximum Gasteiger partial charge on any atom is 0.234 e. The third-order valence-electron chi connectivity index (χ3n) is 5.44. The number of halogens is 2. The van der Waals surface area contributed by atoms with E-state index in [-0.39, 0.29) is 31.3 Å². The molecule has 0 unspecified atom stereocenters. The fraction of sp³-hybridized carbons (Fsp3) is 0.381. The van der Waals surface area contributed by atoms with Crippen molar-refractivity contribution in [2.75, 3.05) is 35.7 Å². The molecule has 0 saturated carbocycles. The largest absolute Gasteiger partial charge is 0.490 e. The minimum absolute atomic E-state index is 0.0579. The smallest absolute Gasteiger partial charge is 0.234 e. The van der Waals surface area contributed by atoms with Crippen LogP contribution in [0.15, 0.2) is 40.9 Å². The molecule has 2 aromatic carbocycles. The Balaban J connectivity index is 1.45. The SMILES string of the molecule is O=C1CSCc2c(cccc2OC[C@]2(O)CCN(c3ccc(Br)cc3F)C[C@H]2O)N1. The van der Waals surface area contributed by atoms with Crippen LogP contribution in [0.2, 0.25) is 0 Å². The number of aliphatic hydroxyl groups is 2. The van der Waals surface area contributed by atoms with Crippen molar-refractivity contribution >= 4 is 45.0 Å². The lowest BCUT2D eigenvalue weighted by Gasteiger charge is -2.42. The van der Waals surface area contributed by atoms with E-state index in [0.29, 0.717) is 39.6 Å².